The van der Waals surface area contributed by atoms with Gasteiger partial charge < -0.3 is 0 Å². The van der Waals surface area contributed by atoms with Crippen LogP contribution in [0.15, 0.2) is 140 Å². The zero-order valence-corrected chi connectivity index (χ0v) is 23.3. The zero-order chi connectivity index (χ0) is 27.3. The Labute approximate surface area is 236 Å². The minimum atomic E-state index is 0.0240. The molecular weight excluding hydrogens is 480 g/mol. The predicted octanol–water partition coefficient (Wildman–Crippen LogP) is 11.4. The van der Waals surface area contributed by atoms with Crippen molar-refractivity contribution in [1.29, 1.82) is 0 Å². The van der Waals surface area contributed by atoms with Crippen molar-refractivity contribution in [3.8, 4) is 33.4 Å². The van der Waals surface area contributed by atoms with E-state index in [2.05, 4.69) is 160 Å². The maximum Gasteiger partial charge on any atom is -0.00261 e. The molecule has 7 rings (SSSR count). The van der Waals surface area contributed by atoms with Gasteiger partial charge in [0.15, 0.2) is 0 Å². The average molecular weight is 513 g/mol. The Morgan fingerprint density at radius 3 is 1.45 bits per heavy atom. The van der Waals surface area contributed by atoms with Gasteiger partial charge in [-0.15, -0.1) is 0 Å². The Balaban J connectivity index is 1.58. The topological polar surface area (TPSA) is 0 Å². The fraction of sp³-hybridized carbons (Fsp3) is 0.100. The van der Waals surface area contributed by atoms with Gasteiger partial charge in [0.25, 0.3) is 0 Å². The van der Waals surface area contributed by atoms with Crippen LogP contribution in [0.3, 0.4) is 0 Å². The van der Waals surface area contributed by atoms with Crippen molar-refractivity contribution in [2.45, 2.75) is 26.2 Å². The van der Waals surface area contributed by atoms with E-state index in [0.29, 0.717) is 0 Å². The van der Waals surface area contributed by atoms with Crippen LogP contribution < -0.4 is 0 Å². The summed E-state index contributed by atoms with van der Waals surface area (Å²) in [6.45, 7) is 6.92. The summed E-state index contributed by atoms with van der Waals surface area (Å²) < 4.78 is 0. The smallest absolute Gasteiger partial charge is 0.00261 e. The van der Waals surface area contributed by atoms with Crippen molar-refractivity contribution >= 4 is 32.3 Å². The lowest BCUT2D eigenvalue weighted by Gasteiger charge is -2.23. The molecule has 0 heteroatoms. The second-order valence-corrected chi connectivity index (χ2v) is 11.8. The summed E-state index contributed by atoms with van der Waals surface area (Å²) in [5, 5.41) is 7.68. The minimum absolute atomic E-state index is 0.0240. The van der Waals surface area contributed by atoms with Crippen LogP contribution in [0.4, 0.5) is 0 Å². The molecule has 0 nitrogen and oxygen atoms in total. The van der Waals surface area contributed by atoms with Crippen molar-refractivity contribution in [3.05, 3.63) is 145 Å². The Hall–Kier alpha value is -4.68. The number of fused-ring (bicyclic) bond motifs is 3. The highest BCUT2D eigenvalue weighted by Gasteiger charge is 2.20. The maximum absolute atomic E-state index is 2.41. The van der Waals surface area contributed by atoms with E-state index in [1.165, 1.54) is 71.3 Å². The summed E-state index contributed by atoms with van der Waals surface area (Å²) in [6, 6.07) is 51.3. The second kappa shape index (κ2) is 9.50. The first-order chi connectivity index (χ1) is 19.5. The number of rotatable bonds is 3. The Bertz CT molecular complexity index is 1960. The normalized spacial score (nSPS) is 11.9. The number of hydrogen-bond donors (Lipinski definition) is 0. The number of benzene rings is 7. The van der Waals surface area contributed by atoms with E-state index < -0.39 is 0 Å². The molecule has 0 aliphatic heterocycles. The Kier molecular flexibility index (Phi) is 5.79. The van der Waals surface area contributed by atoms with Crippen LogP contribution in [0.5, 0.6) is 0 Å². The molecule has 0 bridgehead atoms. The van der Waals surface area contributed by atoms with Gasteiger partial charge in [0.05, 0.1) is 0 Å². The summed E-state index contributed by atoms with van der Waals surface area (Å²) in [4.78, 5) is 0. The molecule has 0 atom stereocenters. The van der Waals surface area contributed by atoms with Gasteiger partial charge >= 0.3 is 0 Å². The Morgan fingerprint density at radius 1 is 0.350 bits per heavy atom. The van der Waals surface area contributed by atoms with Gasteiger partial charge in [-0.25, -0.2) is 0 Å². The first kappa shape index (κ1) is 24.4. The molecule has 0 saturated heterocycles. The maximum atomic E-state index is 2.41. The molecule has 0 unspecified atom stereocenters. The standard InChI is InChI=1S/C40H32/c1-40(2,3)33-25-31(27-13-5-4-6-14-27)24-32(26-33)39-36-19-11-9-17-34(36)38(35-18-10-12-20-37(35)39)30-22-21-28-15-7-8-16-29(28)23-30/h4-26H,1-3H3. The summed E-state index contributed by atoms with van der Waals surface area (Å²) in [6.07, 6.45) is 0. The van der Waals surface area contributed by atoms with Crippen LogP contribution in [-0.2, 0) is 5.41 Å². The van der Waals surface area contributed by atoms with Crippen LogP contribution >= 0.6 is 0 Å². The minimum Gasteiger partial charge on any atom is -0.0622 e. The third-order valence-corrected chi connectivity index (χ3v) is 8.16. The van der Waals surface area contributed by atoms with Crippen molar-refractivity contribution in [1.82, 2.24) is 0 Å². The van der Waals surface area contributed by atoms with Crippen LogP contribution in [0.25, 0.3) is 65.7 Å². The summed E-state index contributed by atoms with van der Waals surface area (Å²) in [5.41, 5.74) is 9.00. The third-order valence-electron chi connectivity index (χ3n) is 8.16. The molecule has 0 saturated carbocycles. The van der Waals surface area contributed by atoms with Crippen LogP contribution in [0.1, 0.15) is 26.3 Å². The van der Waals surface area contributed by atoms with Gasteiger partial charge in [-0.3, -0.25) is 0 Å². The van der Waals surface area contributed by atoms with Crippen molar-refractivity contribution in [3.63, 3.8) is 0 Å². The van der Waals surface area contributed by atoms with Gasteiger partial charge in [-0.2, -0.15) is 0 Å². The largest absolute Gasteiger partial charge is 0.0622 e. The summed E-state index contributed by atoms with van der Waals surface area (Å²) >= 11 is 0. The average Bonchev–Trinajstić information content (AvgIpc) is 2.99. The summed E-state index contributed by atoms with van der Waals surface area (Å²) in [5.74, 6) is 0. The molecule has 0 aliphatic rings. The van der Waals surface area contributed by atoms with E-state index in [1.807, 2.05) is 0 Å². The van der Waals surface area contributed by atoms with Gasteiger partial charge in [0.2, 0.25) is 0 Å². The lowest BCUT2D eigenvalue weighted by atomic mass is 9.81. The molecule has 0 fully saturated rings. The van der Waals surface area contributed by atoms with Crippen LogP contribution in [0.2, 0.25) is 0 Å². The van der Waals surface area contributed by atoms with Gasteiger partial charge in [0, 0.05) is 0 Å². The first-order valence-electron chi connectivity index (χ1n) is 14.1. The first-order valence-corrected chi connectivity index (χ1v) is 14.1. The molecular formula is C40H32. The zero-order valence-electron chi connectivity index (χ0n) is 23.3. The molecule has 0 amide bonds. The SMILES string of the molecule is CC(C)(C)c1cc(-c2ccccc2)cc(-c2c3ccccc3c(-c3ccc4ccccc4c3)c3ccccc23)c1. The molecule has 0 aromatic heterocycles. The second-order valence-electron chi connectivity index (χ2n) is 11.8. The predicted molar refractivity (Wildman–Crippen MR) is 174 cm³/mol. The highest BCUT2D eigenvalue weighted by atomic mass is 14.2. The van der Waals surface area contributed by atoms with E-state index in [4.69, 9.17) is 0 Å². The van der Waals surface area contributed by atoms with E-state index in [9.17, 15) is 0 Å². The fourth-order valence-corrected chi connectivity index (χ4v) is 6.10. The van der Waals surface area contributed by atoms with Crippen LogP contribution in [-0.4, -0.2) is 0 Å². The third kappa shape index (κ3) is 4.17. The lowest BCUT2D eigenvalue weighted by molar-refractivity contribution is 0.591. The van der Waals surface area contributed by atoms with Crippen molar-refractivity contribution in [2.75, 3.05) is 0 Å². The van der Waals surface area contributed by atoms with Gasteiger partial charge in [-0.1, -0.05) is 148 Å². The van der Waals surface area contributed by atoms with E-state index >= 15 is 0 Å². The van der Waals surface area contributed by atoms with E-state index in [1.54, 1.807) is 0 Å². The fourth-order valence-electron chi connectivity index (χ4n) is 6.10. The number of hydrogen-bond acceptors (Lipinski definition) is 0. The van der Waals surface area contributed by atoms with Gasteiger partial charge in [0.1, 0.15) is 0 Å². The highest BCUT2D eigenvalue weighted by molar-refractivity contribution is 6.21. The summed E-state index contributed by atoms with van der Waals surface area (Å²) in [7, 11) is 0. The molecule has 40 heavy (non-hydrogen) atoms. The van der Waals surface area contributed by atoms with E-state index in [0.717, 1.165) is 0 Å². The molecule has 0 radical (unpaired) electrons. The molecule has 0 aliphatic carbocycles. The molecule has 0 N–H and O–H groups in total. The lowest BCUT2D eigenvalue weighted by Crippen LogP contribution is -2.11. The quantitative estimate of drug-likeness (QED) is 0.207. The molecule has 192 valence electrons. The Morgan fingerprint density at radius 2 is 0.850 bits per heavy atom. The molecule has 0 heterocycles. The van der Waals surface area contributed by atoms with Gasteiger partial charge in [-0.05, 0) is 88.8 Å². The molecule has 7 aromatic carbocycles. The highest BCUT2D eigenvalue weighted by Crippen LogP contribution is 2.45. The van der Waals surface area contributed by atoms with Crippen LogP contribution in [0, 0.1) is 0 Å². The van der Waals surface area contributed by atoms with Crippen molar-refractivity contribution < 1.29 is 0 Å². The molecule has 0 spiro atoms. The van der Waals surface area contributed by atoms with Crippen molar-refractivity contribution in [2.24, 2.45) is 0 Å². The molecule has 7 aromatic rings. The monoisotopic (exact) mass is 512 g/mol. The van der Waals surface area contributed by atoms with E-state index in [-0.39, 0.29) is 5.41 Å².